The van der Waals surface area contributed by atoms with Crippen LogP contribution in [0.2, 0.25) is 0 Å². The van der Waals surface area contributed by atoms with Crippen molar-refractivity contribution in [2.45, 2.75) is 10.6 Å². The Morgan fingerprint density at radius 3 is 2.79 bits per heavy atom. The molecular weight excluding hydrogens is 272 g/mol. The second-order valence-corrected chi connectivity index (χ2v) is 6.46. The van der Waals surface area contributed by atoms with Crippen molar-refractivity contribution in [3.05, 3.63) is 64.5 Å². The zero-order valence-corrected chi connectivity index (χ0v) is 11.7. The summed E-state index contributed by atoms with van der Waals surface area (Å²) in [6, 6.07) is 14.1. The molecule has 0 spiro atoms. The third-order valence-electron chi connectivity index (χ3n) is 3.45. The molecule has 1 nitrogen and oxygen atoms in total. The largest absolute Gasteiger partial charge is 0.289 e. The van der Waals surface area contributed by atoms with Crippen LogP contribution in [0.3, 0.4) is 0 Å². The molecule has 0 unspecified atom stereocenters. The van der Waals surface area contributed by atoms with Crippen molar-refractivity contribution in [2.24, 2.45) is 0 Å². The van der Waals surface area contributed by atoms with Crippen LogP contribution in [0.5, 0.6) is 0 Å². The molecule has 1 aliphatic rings. The van der Waals surface area contributed by atoms with Gasteiger partial charge in [-0.15, -0.1) is 23.1 Å². The Morgan fingerprint density at radius 1 is 0.947 bits per heavy atom. The van der Waals surface area contributed by atoms with Gasteiger partial charge in [0.2, 0.25) is 0 Å². The van der Waals surface area contributed by atoms with Gasteiger partial charge in [-0.3, -0.25) is 4.79 Å². The molecule has 0 radical (unpaired) electrons. The van der Waals surface area contributed by atoms with Gasteiger partial charge in [-0.25, -0.2) is 0 Å². The molecule has 2 aromatic carbocycles. The molecule has 0 fully saturated rings. The monoisotopic (exact) mass is 282 g/mol. The van der Waals surface area contributed by atoms with E-state index >= 15 is 0 Å². The third-order valence-corrected chi connectivity index (χ3v) is 5.70. The van der Waals surface area contributed by atoms with Gasteiger partial charge in [0.25, 0.3) is 0 Å². The molecule has 0 atom stereocenters. The molecule has 0 amide bonds. The van der Waals surface area contributed by atoms with Crippen molar-refractivity contribution < 1.29 is 4.79 Å². The maximum Gasteiger partial charge on any atom is 0.194 e. The summed E-state index contributed by atoms with van der Waals surface area (Å²) in [6.07, 6.45) is 0. The van der Waals surface area contributed by atoms with Crippen molar-refractivity contribution in [1.82, 2.24) is 0 Å². The van der Waals surface area contributed by atoms with Crippen LogP contribution >= 0.6 is 23.1 Å². The maximum atomic E-state index is 12.7. The summed E-state index contributed by atoms with van der Waals surface area (Å²) in [4.78, 5) is 13.8. The van der Waals surface area contributed by atoms with Gasteiger partial charge in [0, 0.05) is 26.5 Å². The fourth-order valence-corrected chi connectivity index (χ4v) is 4.77. The van der Waals surface area contributed by atoms with Crippen molar-refractivity contribution in [2.75, 3.05) is 0 Å². The van der Waals surface area contributed by atoms with Crippen LogP contribution in [0, 0.1) is 0 Å². The zero-order chi connectivity index (χ0) is 12.8. The number of fused-ring (bicyclic) bond motifs is 4. The number of benzene rings is 2. The van der Waals surface area contributed by atoms with E-state index in [1.165, 1.54) is 10.1 Å². The summed E-state index contributed by atoms with van der Waals surface area (Å²) >= 11 is 3.50. The number of thiophene rings is 1. The first-order chi connectivity index (χ1) is 9.34. The van der Waals surface area contributed by atoms with Gasteiger partial charge in [-0.2, -0.15) is 0 Å². The lowest BCUT2D eigenvalue weighted by Crippen LogP contribution is -2.03. The molecule has 3 heteroatoms. The van der Waals surface area contributed by atoms with E-state index in [2.05, 4.69) is 23.6 Å². The highest BCUT2D eigenvalue weighted by molar-refractivity contribution is 7.99. The highest BCUT2D eigenvalue weighted by Gasteiger charge is 2.22. The summed E-state index contributed by atoms with van der Waals surface area (Å²) in [5.41, 5.74) is 2.84. The molecule has 0 bridgehead atoms. The number of hydrogen-bond donors (Lipinski definition) is 0. The van der Waals surface area contributed by atoms with Crippen LogP contribution in [-0.4, -0.2) is 5.78 Å². The Labute approximate surface area is 119 Å². The minimum absolute atomic E-state index is 0.158. The van der Waals surface area contributed by atoms with Gasteiger partial charge in [0.1, 0.15) is 0 Å². The molecule has 0 N–H and O–H groups in total. The Balaban J connectivity index is 2.02. The Morgan fingerprint density at radius 2 is 1.84 bits per heavy atom. The molecule has 2 heterocycles. The average molecular weight is 282 g/mol. The highest BCUT2D eigenvalue weighted by atomic mass is 32.2. The third kappa shape index (κ3) is 1.66. The smallest absolute Gasteiger partial charge is 0.194 e. The number of ketones is 1. The number of carbonyl (C=O) groups is 1. The standard InChI is InChI=1S/C16H10OS2/c17-14-12-4-2-1-3-11(12)9-19-16-13(14)6-5-10-7-8-18-15(10)16/h1-8H,9H2. The lowest BCUT2D eigenvalue weighted by Gasteiger charge is -2.05. The topological polar surface area (TPSA) is 17.1 Å². The fraction of sp³-hybridized carbons (Fsp3) is 0.0625. The van der Waals surface area contributed by atoms with E-state index in [-0.39, 0.29) is 5.78 Å². The summed E-state index contributed by atoms with van der Waals surface area (Å²) in [5, 5.41) is 3.32. The minimum atomic E-state index is 0.158. The van der Waals surface area contributed by atoms with Gasteiger partial charge in [-0.05, 0) is 28.5 Å². The summed E-state index contributed by atoms with van der Waals surface area (Å²) in [6.45, 7) is 0. The normalized spacial score (nSPS) is 14.0. The molecule has 0 saturated carbocycles. The van der Waals surface area contributed by atoms with E-state index in [9.17, 15) is 4.79 Å². The van der Waals surface area contributed by atoms with Crippen molar-refractivity contribution >= 4 is 39.0 Å². The highest BCUT2D eigenvalue weighted by Crippen LogP contribution is 2.40. The first-order valence-electron chi connectivity index (χ1n) is 6.10. The summed E-state index contributed by atoms with van der Waals surface area (Å²) < 4.78 is 1.24. The predicted octanol–water partition coefficient (Wildman–Crippen LogP) is 4.74. The van der Waals surface area contributed by atoms with Crippen LogP contribution < -0.4 is 0 Å². The minimum Gasteiger partial charge on any atom is -0.289 e. The summed E-state index contributed by atoms with van der Waals surface area (Å²) in [7, 11) is 0. The Kier molecular flexibility index (Phi) is 2.50. The first kappa shape index (κ1) is 11.3. The molecular formula is C16H10OS2. The predicted molar refractivity (Wildman–Crippen MR) is 81.3 cm³/mol. The molecule has 1 aliphatic heterocycles. The van der Waals surface area contributed by atoms with Crippen LogP contribution in [0.1, 0.15) is 21.5 Å². The van der Waals surface area contributed by atoms with Crippen LogP contribution in [0.4, 0.5) is 0 Å². The first-order valence-corrected chi connectivity index (χ1v) is 7.97. The second kappa shape index (κ2) is 4.22. The fourth-order valence-electron chi connectivity index (χ4n) is 2.49. The van der Waals surface area contributed by atoms with Crippen LogP contribution in [0.15, 0.2) is 52.7 Å². The molecule has 1 aromatic heterocycles. The van der Waals surface area contributed by atoms with Gasteiger partial charge in [0.05, 0.1) is 0 Å². The van der Waals surface area contributed by atoms with E-state index in [0.29, 0.717) is 0 Å². The molecule has 3 aromatic rings. The van der Waals surface area contributed by atoms with Crippen LogP contribution in [0.25, 0.3) is 10.1 Å². The molecule has 0 saturated heterocycles. The van der Waals surface area contributed by atoms with E-state index < -0.39 is 0 Å². The lowest BCUT2D eigenvalue weighted by molar-refractivity contribution is 0.103. The lowest BCUT2D eigenvalue weighted by atomic mass is 9.99. The second-order valence-electron chi connectivity index (χ2n) is 4.56. The molecule has 0 aliphatic carbocycles. The zero-order valence-electron chi connectivity index (χ0n) is 10.1. The Hall–Kier alpha value is -1.58. The van der Waals surface area contributed by atoms with E-state index in [1.54, 1.807) is 23.1 Å². The molecule has 4 rings (SSSR count). The molecule has 19 heavy (non-hydrogen) atoms. The van der Waals surface area contributed by atoms with E-state index in [0.717, 1.165) is 27.3 Å². The van der Waals surface area contributed by atoms with Gasteiger partial charge < -0.3 is 0 Å². The number of hydrogen-bond acceptors (Lipinski definition) is 3. The summed E-state index contributed by atoms with van der Waals surface area (Å²) in [5.74, 6) is 1.03. The molecule has 92 valence electrons. The SMILES string of the molecule is O=C1c2ccccc2CSc2c1ccc1ccsc21. The van der Waals surface area contributed by atoms with E-state index in [4.69, 9.17) is 0 Å². The van der Waals surface area contributed by atoms with Crippen molar-refractivity contribution in [3.63, 3.8) is 0 Å². The average Bonchev–Trinajstić information content (AvgIpc) is 2.87. The Bertz CT molecular complexity index is 801. The van der Waals surface area contributed by atoms with Crippen LogP contribution in [-0.2, 0) is 5.75 Å². The number of thioether (sulfide) groups is 1. The quantitative estimate of drug-likeness (QED) is 0.592. The van der Waals surface area contributed by atoms with E-state index in [1.807, 2.05) is 24.3 Å². The van der Waals surface area contributed by atoms with Gasteiger partial charge in [-0.1, -0.05) is 30.3 Å². The van der Waals surface area contributed by atoms with Crippen molar-refractivity contribution in [1.29, 1.82) is 0 Å². The van der Waals surface area contributed by atoms with Gasteiger partial charge >= 0.3 is 0 Å². The number of carbonyl (C=O) groups excluding carboxylic acids is 1. The van der Waals surface area contributed by atoms with Gasteiger partial charge in [0.15, 0.2) is 5.78 Å². The van der Waals surface area contributed by atoms with Crippen molar-refractivity contribution in [3.8, 4) is 0 Å². The maximum absolute atomic E-state index is 12.7. The number of rotatable bonds is 0.